The normalized spacial score (nSPS) is 15.3. The highest BCUT2D eigenvalue weighted by Crippen LogP contribution is 2.39. The average molecular weight is 443 g/mol. The SMILES string of the molecule is COC1=c2c[n+](C)c3c(cc(-c4ccccc4)c4cc(OC)c(OC)cc43)c2=CCC1OC. The summed E-state index contributed by atoms with van der Waals surface area (Å²) >= 11 is 0. The van der Waals surface area contributed by atoms with Gasteiger partial charge in [-0.25, -0.2) is 0 Å². The van der Waals surface area contributed by atoms with Crippen LogP contribution in [0.25, 0.3) is 44.6 Å². The van der Waals surface area contributed by atoms with Gasteiger partial charge in [0.2, 0.25) is 5.52 Å². The number of rotatable bonds is 5. The Morgan fingerprint density at radius 2 is 1.52 bits per heavy atom. The predicted octanol–water partition coefficient (Wildman–Crippen LogP) is 3.46. The van der Waals surface area contributed by atoms with Gasteiger partial charge in [-0.2, -0.15) is 4.57 Å². The van der Waals surface area contributed by atoms with E-state index in [2.05, 4.69) is 66.4 Å². The summed E-state index contributed by atoms with van der Waals surface area (Å²) in [6.45, 7) is 0. The molecule has 0 bridgehead atoms. The minimum absolute atomic E-state index is 0.0849. The van der Waals surface area contributed by atoms with Crippen LogP contribution in [0.4, 0.5) is 0 Å². The molecule has 168 valence electrons. The summed E-state index contributed by atoms with van der Waals surface area (Å²) in [5.74, 6) is 2.29. The lowest BCUT2D eigenvalue weighted by Gasteiger charge is -2.20. The lowest BCUT2D eigenvalue weighted by molar-refractivity contribution is -0.644. The van der Waals surface area contributed by atoms with Crippen molar-refractivity contribution in [2.45, 2.75) is 12.5 Å². The van der Waals surface area contributed by atoms with Crippen molar-refractivity contribution >= 4 is 33.5 Å². The summed E-state index contributed by atoms with van der Waals surface area (Å²) in [6, 6.07) is 16.9. The van der Waals surface area contributed by atoms with E-state index in [1.54, 1.807) is 28.4 Å². The average Bonchev–Trinajstić information content (AvgIpc) is 2.86. The molecule has 1 aliphatic carbocycles. The fraction of sp³-hybridized carbons (Fsp3) is 0.250. The van der Waals surface area contributed by atoms with Crippen molar-refractivity contribution < 1.29 is 23.5 Å². The van der Waals surface area contributed by atoms with Crippen LogP contribution in [0.15, 0.2) is 54.7 Å². The molecular formula is C28H28NO4+. The van der Waals surface area contributed by atoms with E-state index < -0.39 is 0 Å². The second-order valence-electron chi connectivity index (χ2n) is 8.24. The molecule has 5 nitrogen and oxygen atoms in total. The Morgan fingerprint density at radius 3 is 2.15 bits per heavy atom. The number of aromatic nitrogens is 1. The second-order valence-corrected chi connectivity index (χ2v) is 8.24. The standard InChI is InChI=1S/C28H28NO4/c1-29-16-23-18(11-12-24(30-2)28(23)33-5)21-13-19(17-9-7-6-8-10-17)20-14-25(31-3)26(32-4)15-22(20)27(21)29/h6-11,13-16,24H,12H2,1-5H3/q+1. The van der Waals surface area contributed by atoms with Crippen LogP contribution < -0.4 is 24.5 Å². The minimum Gasteiger partial charge on any atom is -0.497 e. The Morgan fingerprint density at radius 1 is 0.818 bits per heavy atom. The number of methoxy groups -OCH3 is 4. The van der Waals surface area contributed by atoms with Crippen molar-refractivity contribution in [3.8, 4) is 22.6 Å². The maximum Gasteiger partial charge on any atom is 0.220 e. The van der Waals surface area contributed by atoms with Gasteiger partial charge in [0.1, 0.15) is 18.9 Å². The van der Waals surface area contributed by atoms with E-state index in [1.807, 2.05) is 6.07 Å². The zero-order valence-electron chi connectivity index (χ0n) is 19.6. The van der Waals surface area contributed by atoms with Gasteiger partial charge in [0, 0.05) is 17.7 Å². The summed E-state index contributed by atoms with van der Waals surface area (Å²) in [4.78, 5) is 0. The maximum absolute atomic E-state index is 5.82. The zero-order chi connectivity index (χ0) is 23.1. The fourth-order valence-corrected chi connectivity index (χ4v) is 5.01. The van der Waals surface area contributed by atoms with E-state index in [1.165, 1.54) is 5.22 Å². The number of fused-ring (bicyclic) bond motifs is 5. The van der Waals surface area contributed by atoms with Crippen LogP contribution in [0.3, 0.4) is 0 Å². The summed E-state index contributed by atoms with van der Waals surface area (Å²) in [5.41, 5.74) is 3.43. The van der Waals surface area contributed by atoms with Gasteiger partial charge >= 0.3 is 0 Å². The predicted molar refractivity (Wildman–Crippen MR) is 131 cm³/mol. The Labute approximate surface area is 193 Å². The fourth-order valence-electron chi connectivity index (χ4n) is 5.01. The molecule has 0 spiro atoms. The molecule has 0 aliphatic heterocycles. The molecule has 1 unspecified atom stereocenters. The molecule has 0 fully saturated rings. The maximum atomic E-state index is 5.82. The van der Waals surface area contributed by atoms with Crippen molar-refractivity contribution in [3.63, 3.8) is 0 Å². The van der Waals surface area contributed by atoms with Crippen LogP contribution in [0, 0.1) is 0 Å². The largest absolute Gasteiger partial charge is 0.497 e. The van der Waals surface area contributed by atoms with Crippen LogP contribution in [-0.2, 0) is 16.5 Å². The van der Waals surface area contributed by atoms with Gasteiger partial charge in [0.15, 0.2) is 17.7 Å². The molecule has 1 aromatic heterocycles. The molecule has 0 amide bonds. The summed E-state index contributed by atoms with van der Waals surface area (Å²) in [7, 11) is 8.86. The minimum atomic E-state index is -0.0849. The van der Waals surface area contributed by atoms with Crippen LogP contribution >= 0.6 is 0 Å². The second kappa shape index (κ2) is 8.41. The van der Waals surface area contributed by atoms with Crippen molar-refractivity contribution in [2.75, 3.05) is 28.4 Å². The number of benzene rings is 3. The molecule has 0 saturated carbocycles. The number of hydrogen-bond donors (Lipinski definition) is 0. The van der Waals surface area contributed by atoms with Gasteiger partial charge in [-0.15, -0.1) is 0 Å². The summed E-state index contributed by atoms with van der Waals surface area (Å²) in [6.07, 6.45) is 5.07. The highest BCUT2D eigenvalue weighted by Gasteiger charge is 2.25. The van der Waals surface area contributed by atoms with E-state index in [9.17, 15) is 0 Å². The van der Waals surface area contributed by atoms with Gasteiger partial charge in [0.05, 0.1) is 37.3 Å². The van der Waals surface area contributed by atoms with Crippen molar-refractivity contribution in [2.24, 2.45) is 7.05 Å². The highest BCUT2D eigenvalue weighted by molar-refractivity contribution is 6.12. The van der Waals surface area contributed by atoms with Crippen molar-refractivity contribution in [3.05, 3.63) is 65.2 Å². The monoisotopic (exact) mass is 442 g/mol. The number of pyridine rings is 1. The Kier molecular flexibility index (Phi) is 5.43. The van der Waals surface area contributed by atoms with Gasteiger partial charge < -0.3 is 18.9 Å². The topological polar surface area (TPSA) is 40.8 Å². The third kappa shape index (κ3) is 3.31. The number of hydrogen-bond acceptors (Lipinski definition) is 4. The third-order valence-corrected chi connectivity index (χ3v) is 6.55. The molecule has 5 heteroatoms. The van der Waals surface area contributed by atoms with Gasteiger partial charge in [0.25, 0.3) is 0 Å². The van der Waals surface area contributed by atoms with Gasteiger partial charge in [-0.05, 0) is 35.7 Å². The molecule has 4 aromatic rings. The van der Waals surface area contributed by atoms with E-state index in [0.717, 1.165) is 50.2 Å². The molecule has 5 rings (SSSR count). The highest BCUT2D eigenvalue weighted by atomic mass is 16.5. The first kappa shape index (κ1) is 21.3. The van der Waals surface area contributed by atoms with Crippen LogP contribution in [0.2, 0.25) is 0 Å². The zero-order valence-corrected chi connectivity index (χ0v) is 19.6. The first-order chi connectivity index (χ1) is 16.1. The number of nitrogens with zero attached hydrogens (tertiary/aromatic N) is 1. The molecule has 3 aromatic carbocycles. The number of aryl methyl sites for hydroxylation is 1. The molecule has 33 heavy (non-hydrogen) atoms. The number of ether oxygens (including phenoxy) is 4. The first-order valence-electron chi connectivity index (χ1n) is 11.0. The summed E-state index contributed by atoms with van der Waals surface area (Å²) < 4.78 is 25.0. The van der Waals surface area contributed by atoms with E-state index in [-0.39, 0.29) is 6.10 Å². The molecule has 0 N–H and O–H groups in total. The molecule has 1 atom stereocenters. The Hall–Kier alpha value is -3.57. The first-order valence-corrected chi connectivity index (χ1v) is 11.0. The molecule has 0 radical (unpaired) electrons. The van der Waals surface area contributed by atoms with E-state index in [0.29, 0.717) is 11.5 Å². The quantitative estimate of drug-likeness (QED) is 0.351. The smallest absolute Gasteiger partial charge is 0.220 e. The van der Waals surface area contributed by atoms with Crippen LogP contribution in [0.1, 0.15) is 6.42 Å². The van der Waals surface area contributed by atoms with E-state index >= 15 is 0 Å². The molecular weight excluding hydrogens is 414 g/mol. The lowest BCUT2D eigenvalue weighted by atomic mass is 9.92. The van der Waals surface area contributed by atoms with Crippen molar-refractivity contribution in [1.29, 1.82) is 0 Å². The molecule has 0 saturated heterocycles. The molecule has 1 heterocycles. The Bertz CT molecular complexity index is 1490. The third-order valence-electron chi connectivity index (χ3n) is 6.55. The van der Waals surface area contributed by atoms with Crippen molar-refractivity contribution in [1.82, 2.24) is 0 Å². The van der Waals surface area contributed by atoms with E-state index in [4.69, 9.17) is 18.9 Å². The lowest BCUT2D eigenvalue weighted by Crippen LogP contribution is -2.45. The van der Waals surface area contributed by atoms with Crippen LogP contribution in [-0.4, -0.2) is 34.5 Å². The van der Waals surface area contributed by atoms with Gasteiger partial charge in [-0.3, -0.25) is 0 Å². The Balaban J connectivity index is 2.02. The summed E-state index contributed by atoms with van der Waals surface area (Å²) in [5, 5.41) is 5.61. The molecule has 1 aliphatic rings. The van der Waals surface area contributed by atoms with Gasteiger partial charge in [-0.1, -0.05) is 36.4 Å². The van der Waals surface area contributed by atoms with Crippen LogP contribution in [0.5, 0.6) is 11.5 Å².